The van der Waals surface area contributed by atoms with Crippen molar-refractivity contribution in [3.05, 3.63) is 57.7 Å². The van der Waals surface area contributed by atoms with Gasteiger partial charge in [0.15, 0.2) is 11.6 Å². The second-order valence-corrected chi connectivity index (χ2v) is 7.61. The zero-order valence-corrected chi connectivity index (χ0v) is 15.1. The van der Waals surface area contributed by atoms with E-state index in [9.17, 15) is 14.7 Å². The summed E-state index contributed by atoms with van der Waals surface area (Å²) in [5, 5.41) is 23.6. The first-order valence-corrected chi connectivity index (χ1v) is 9.31. The summed E-state index contributed by atoms with van der Waals surface area (Å²) in [6.45, 7) is 0. The monoisotopic (exact) mass is 383 g/mol. The van der Waals surface area contributed by atoms with Crippen LogP contribution in [0.15, 0.2) is 30.3 Å². The van der Waals surface area contributed by atoms with Crippen LogP contribution in [0, 0.1) is 0 Å². The third kappa shape index (κ3) is 2.80. The van der Waals surface area contributed by atoms with E-state index < -0.39 is 11.4 Å². The van der Waals surface area contributed by atoms with E-state index in [0.717, 1.165) is 16.9 Å². The maximum absolute atomic E-state index is 13.6. The van der Waals surface area contributed by atoms with Crippen LogP contribution in [0.4, 0.5) is 5.00 Å². The van der Waals surface area contributed by atoms with Crippen LogP contribution in [0.1, 0.15) is 49.8 Å². The van der Waals surface area contributed by atoms with Gasteiger partial charge >= 0.3 is 5.97 Å². The number of nitrogen functional groups attached to an aromatic ring is 1. The van der Waals surface area contributed by atoms with Crippen LogP contribution in [0.2, 0.25) is 0 Å². The minimum atomic E-state index is -1.09. The van der Waals surface area contributed by atoms with Crippen LogP contribution in [0.25, 0.3) is 0 Å². The molecule has 0 spiro atoms. The van der Waals surface area contributed by atoms with Crippen LogP contribution in [-0.2, 0) is 18.3 Å². The Kier molecular flexibility index (Phi) is 4.23. The van der Waals surface area contributed by atoms with Gasteiger partial charge in [0.1, 0.15) is 5.00 Å². The number of H-pyrrole nitrogens is 1. The summed E-state index contributed by atoms with van der Waals surface area (Å²) in [7, 11) is 0. The molecule has 0 fully saturated rings. The smallest absolute Gasteiger partial charge is 0.338 e. The van der Waals surface area contributed by atoms with Gasteiger partial charge in [0, 0.05) is 6.42 Å². The number of aromatic amines is 1. The van der Waals surface area contributed by atoms with Crippen LogP contribution < -0.4 is 5.73 Å². The number of carbonyl (C=O) groups is 2. The third-order valence-electron chi connectivity index (χ3n) is 5.18. The highest BCUT2D eigenvalue weighted by Crippen LogP contribution is 2.46. The summed E-state index contributed by atoms with van der Waals surface area (Å²) in [4.78, 5) is 25.6. The number of tetrazole rings is 1. The number of hydrogen-bond acceptors (Lipinski definition) is 7. The molecule has 2 heterocycles. The average molecular weight is 383 g/mol. The largest absolute Gasteiger partial charge is 0.478 e. The SMILES string of the molecule is Nc1sc2c(c1C(=O)O)CCC(CCc1nn[nH]n1)(c1ccccc1)C2=O. The van der Waals surface area contributed by atoms with E-state index >= 15 is 0 Å². The van der Waals surface area contributed by atoms with E-state index in [4.69, 9.17) is 5.73 Å². The summed E-state index contributed by atoms with van der Waals surface area (Å²) in [5.41, 5.74) is 6.69. The fourth-order valence-corrected chi connectivity index (χ4v) is 4.99. The van der Waals surface area contributed by atoms with E-state index in [2.05, 4.69) is 20.6 Å². The Morgan fingerprint density at radius 3 is 2.78 bits per heavy atom. The first kappa shape index (κ1) is 17.3. The van der Waals surface area contributed by atoms with Crippen LogP contribution >= 0.6 is 11.3 Å². The molecule has 0 aliphatic heterocycles. The van der Waals surface area contributed by atoms with Crippen molar-refractivity contribution in [1.29, 1.82) is 0 Å². The van der Waals surface area contributed by atoms with Gasteiger partial charge in [0.25, 0.3) is 0 Å². The molecule has 3 aromatic rings. The van der Waals surface area contributed by atoms with Gasteiger partial charge in [-0.05, 0) is 30.4 Å². The third-order valence-corrected chi connectivity index (χ3v) is 6.24. The standard InChI is InChI=1S/C18H17N5O3S/c19-16-13(17(25)26)11-6-8-18(15(24)14(11)27-16,10-4-2-1-3-5-10)9-7-12-20-22-23-21-12/h1-5H,6-9,19H2,(H,25,26)(H,20,21,22,23). The molecule has 2 aromatic heterocycles. The molecule has 0 radical (unpaired) electrons. The van der Waals surface area contributed by atoms with E-state index in [0.29, 0.717) is 41.9 Å². The molecule has 138 valence electrons. The molecule has 0 saturated heterocycles. The molecule has 1 aromatic carbocycles. The number of carbonyl (C=O) groups excluding carboxylic acids is 1. The first-order chi connectivity index (χ1) is 13.0. The molecule has 0 amide bonds. The van der Waals surface area contributed by atoms with E-state index in [-0.39, 0.29) is 16.3 Å². The Balaban J connectivity index is 1.79. The zero-order valence-electron chi connectivity index (χ0n) is 14.3. The Bertz CT molecular complexity index is 1000. The van der Waals surface area contributed by atoms with Gasteiger partial charge in [-0.2, -0.15) is 5.21 Å². The number of carboxylic acids is 1. The van der Waals surface area contributed by atoms with Gasteiger partial charge in [-0.1, -0.05) is 35.5 Å². The minimum Gasteiger partial charge on any atom is -0.478 e. The van der Waals surface area contributed by atoms with Crippen molar-refractivity contribution in [2.75, 3.05) is 5.73 Å². The first-order valence-electron chi connectivity index (χ1n) is 8.50. The number of rotatable bonds is 5. The van der Waals surface area contributed by atoms with Crippen molar-refractivity contribution in [3.63, 3.8) is 0 Å². The molecule has 4 rings (SSSR count). The molecule has 8 nitrogen and oxygen atoms in total. The molecule has 9 heteroatoms. The van der Waals surface area contributed by atoms with Crippen molar-refractivity contribution in [1.82, 2.24) is 20.6 Å². The number of hydrogen-bond donors (Lipinski definition) is 3. The number of thiophene rings is 1. The average Bonchev–Trinajstić information content (AvgIpc) is 3.29. The van der Waals surface area contributed by atoms with Gasteiger partial charge in [0.05, 0.1) is 15.9 Å². The van der Waals surface area contributed by atoms with E-state index in [1.807, 2.05) is 30.3 Å². The van der Waals surface area contributed by atoms with Crippen molar-refractivity contribution in [2.24, 2.45) is 0 Å². The fourth-order valence-electron chi connectivity index (χ4n) is 3.84. The highest BCUT2D eigenvalue weighted by molar-refractivity contribution is 7.18. The van der Waals surface area contributed by atoms with Crippen LogP contribution in [0.3, 0.4) is 0 Å². The number of nitrogens with one attached hydrogen (secondary N) is 1. The number of nitrogens with two attached hydrogens (primary N) is 1. The Hall–Kier alpha value is -3.07. The van der Waals surface area contributed by atoms with Crippen LogP contribution in [-0.4, -0.2) is 37.5 Å². The number of fused-ring (bicyclic) bond motifs is 1. The lowest BCUT2D eigenvalue weighted by Crippen LogP contribution is -2.40. The summed E-state index contributed by atoms with van der Waals surface area (Å²) in [6, 6.07) is 9.59. The predicted molar refractivity (Wildman–Crippen MR) is 99.0 cm³/mol. The number of aromatic carboxylic acids is 1. The molecule has 1 atom stereocenters. The topological polar surface area (TPSA) is 135 Å². The van der Waals surface area contributed by atoms with Crippen LogP contribution in [0.5, 0.6) is 0 Å². The zero-order chi connectivity index (χ0) is 19.0. The Labute approximate surface area is 158 Å². The number of aryl methyl sites for hydroxylation is 1. The summed E-state index contributed by atoms with van der Waals surface area (Å²) >= 11 is 1.07. The highest BCUT2D eigenvalue weighted by atomic mass is 32.1. The lowest BCUT2D eigenvalue weighted by Gasteiger charge is -2.36. The maximum Gasteiger partial charge on any atom is 0.338 e. The minimum absolute atomic E-state index is 0.0724. The lowest BCUT2D eigenvalue weighted by atomic mass is 9.66. The summed E-state index contributed by atoms with van der Waals surface area (Å²) in [6.07, 6.45) is 1.99. The second-order valence-electron chi connectivity index (χ2n) is 6.56. The predicted octanol–water partition coefficient (Wildman–Crippen LogP) is 2.24. The van der Waals surface area contributed by atoms with E-state index in [1.54, 1.807) is 0 Å². The number of benzene rings is 1. The number of Topliss-reactive ketones (excluding diaryl/α,β-unsaturated/α-hetero) is 1. The van der Waals surface area contributed by atoms with Crippen molar-refractivity contribution >= 4 is 28.1 Å². The van der Waals surface area contributed by atoms with Gasteiger partial charge in [0.2, 0.25) is 0 Å². The summed E-state index contributed by atoms with van der Waals surface area (Å²) < 4.78 is 0. The normalized spacial score (nSPS) is 19.0. The van der Waals surface area contributed by atoms with Gasteiger partial charge in [-0.3, -0.25) is 4.79 Å². The number of nitrogens with zero attached hydrogens (tertiary/aromatic N) is 3. The summed E-state index contributed by atoms with van der Waals surface area (Å²) in [5.74, 6) is -0.625. The molecule has 1 unspecified atom stereocenters. The van der Waals surface area contributed by atoms with Crippen molar-refractivity contribution in [2.45, 2.75) is 31.1 Å². The maximum atomic E-state index is 13.6. The number of aromatic nitrogens is 4. The van der Waals surface area contributed by atoms with Crippen molar-refractivity contribution < 1.29 is 14.7 Å². The molecular weight excluding hydrogens is 366 g/mol. The second kappa shape index (κ2) is 6.58. The van der Waals surface area contributed by atoms with Gasteiger partial charge in [-0.25, -0.2) is 4.79 Å². The van der Waals surface area contributed by atoms with Gasteiger partial charge in [-0.15, -0.1) is 21.5 Å². The lowest BCUT2D eigenvalue weighted by molar-refractivity contribution is 0.0697. The van der Waals surface area contributed by atoms with Crippen molar-refractivity contribution in [3.8, 4) is 0 Å². The number of carboxylic acid groups (broad SMARTS) is 1. The Morgan fingerprint density at radius 1 is 1.33 bits per heavy atom. The molecule has 0 bridgehead atoms. The molecule has 1 aliphatic rings. The van der Waals surface area contributed by atoms with Gasteiger partial charge < -0.3 is 10.8 Å². The molecule has 1 aliphatic carbocycles. The molecule has 27 heavy (non-hydrogen) atoms. The Morgan fingerprint density at radius 2 is 2.11 bits per heavy atom. The number of ketones is 1. The number of anilines is 1. The van der Waals surface area contributed by atoms with E-state index in [1.165, 1.54) is 0 Å². The molecule has 4 N–H and O–H groups in total. The quantitative estimate of drug-likeness (QED) is 0.615. The molecular formula is C18H17N5O3S. The highest BCUT2D eigenvalue weighted by Gasteiger charge is 2.46. The fraction of sp³-hybridized carbons (Fsp3) is 0.278. The molecule has 0 saturated carbocycles.